The van der Waals surface area contributed by atoms with Crippen LogP contribution >= 0.6 is 0 Å². The molecule has 0 saturated carbocycles. The van der Waals surface area contributed by atoms with Crippen LogP contribution in [-0.2, 0) is 6.42 Å². The van der Waals surface area contributed by atoms with Crippen LogP contribution in [0.15, 0.2) is 6.07 Å². The van der Waals surface area contributed by atoms with Gasteiger partial charge in [0, 0.05) is 24.2 Å². The molecule has 0 unspecified atom stereocenters. The standard InChI is InChI=1S/C12H20N4/c1-3-11-14-9(2)8-12(16-11)15-10-4-6-13-7-5-10/h8,10,13H,3-7H2,1-2H3,(H,14,15,16). The van der Waals surface area contributed by atoms with Gasteiger partial charge in [-0.05, 0) is 32.9 Å². The Bertz CT molecular complexity index is 345. The van der Waals surface area contributed by atoms with E-state index in [4.69, 9.17) is 0 Å². The molecule has 1 aromatic rings. The third-order valence-corrected chi connectivity index (χ3v) is 2.91. The van der Waals surface area contributed by atoms with Crippen LogP contribution in [0.1, 0.15) is 31.3 Å². The molecular formula is C12H20N4. The molecule has 1 fully saturated rings. The van der Waals surface area contributed by atoms with Crippen molar-refractivity contribution in [2.24, 2.45) is 0 Å². The van der Waals surface area contributed by atoms with Crippen molar-refractivity contribution in [2.75, 3.05) is 18.4 Å². The number of nitrogens with one attached hydrogen (secondary N) is 2. The molecule has 2 rings (SSSR count). The molecule has 4 nitrogen and oxygen atoms in total. The van der Waals surface area contributed by atoms with Gasteiger partial charge in [0.2, 0.25) is 0 Å². The second kappa shape index (κ2) is 5.25. The Balaban J connectivity index is 2.04. The molecule has 2 N–H and O–H groups in total. The van der Waals surface area contributed by atoms with Crippen LogP contribution in [0.5, 0.6) is 0 Å². The third-order valence-electron chi connectivity index (χ3n) is 2.91. The van der Waals surface area contributed by atoms with Crippen LogP contribution in [0.2, 0.25) is 0 Å². The molecule has 0 amide bonds. The maximum atomic E-state index is 4.50. The normalized spacial score (nSPS) is 17.4. The van der Waals surface area contributed by atoms with Crippen molar-refractivity contribution >= 4 is 5.82 Å². The van der Waals surface area contributed by atoms with E-state index >= 15 is 0 Å². The Morgan fingerprint density at radius 3 is 2.81 bits per heavy atom. The number of rotatable bonds is 3. The van der Waals surface area contributed by atoms with Crippen LogP contribution < -0.4 is 10.6 Å². The first-order chi connectivity index (χ1) is 7.78. The van der Waals surface area contributed by atoms with E-state index in [1.54, 1.807) is 0 Å². The van der Waals surface area contributed by atoms with Gasteiger partial charge in [-0.1, -0.05) is 6.92 Å². The number of hydrogen-bond donors (Lipinski definition) is 2. The average molecular weight is 220 g/mol. The summed E-state index contributed by atoms with van der Waals surface area (Å²) in [5.41, 5.74) is 1.04. The van der Waals surface area contributed by atoms with E-state index in [1.807, 2.05) is 13.0 Å². The Morgan fingerprint density at radius 1 is 1.38 bits per heavy atom. The minimum absolute atomic E-state index is 0.556. The predicted molar refractivity (Wildman–Crippen MR) is 65.7 cm³/mol. The molecule has 4 heteroatoms. The van der Waals surface area contributed by atoms with Crippen LogP contribution in [0, 0.1) is 6.92 Å². The summed E-state index contributed by atoms with van der Waals surface area (Å²) >= 11 is 0. The molecule has 0 bridgehead atoms. The summed E-state index contributed by atoms with van der Waals surface area (Å²) < 4.78 is 0. The van der Waals surface area contributed by atoms with Gasteiger partial charge in [-0.2, -0.15) is 0 Å². The molecule has 0 atom stereocenters. The topological polar surface area (TPSA) is 49.8 Å². The minimum Gasteiger partial charge on any atom is -0.367 e. The van der Waals surface area contributed by atoms with Gasteiger partial charge in [0.25, 0.3) is 0 Å². The van der Waals surface area contributed by atoms with Crippen molar-refractivity contribution in [3.05, 3.63) is 17.6 Å². The molecule has 0 spiro atoms. The molecular weight excluding hydrogens is 200 g/mol. The number of hydrogen-bond acceptors (Lipinski definition) is 4. The van der Waals surface area contributed by atoms with Crippen molar-refractivity contribution in [2.45, 2.75) is 39.2 Å². The van der Waals surface area contributed by atoms with Crippen LogP contribution in [-0.4, -0.2) is 29.1 Å². The molecule has 0 aromatic carbocycles. The largest absolute Gasteiger partial charge is 0.367 e. The summed E-state index contributed by atoms with van der Waals surface area (Å²) in [6, 6.07) is 2.58. The Morgan fingerprint density at radius 2 is 2.12 bits per heavy atom. The van der Waals surface area contributed by atoms with E-state index in [1.165, 1.54) is 12.8 Å². The van der Waals surface area contributed by atoms with E-state index in [2.05, 4.69) is 27.5 Å². The van der Waals surface area contributed by atoms with Gasteiger partial charge in [0.1, 0.15) is 11.6 Å². The SMILES string of the molecule is CCc1nc(C)cc(NC2CCNCC2)n1. The van der Waals surface area contributed by atoms with Gasteiger partial charge in [0.05, 0.1) is 0 Å². The van der Waals surface area contributed by atoms with Crippen molar-refractivity contribution < 1.29 is 0 Å². The number of anilines is 1. The van der Waals surface area contributed by atoms with E-state index in [0.717, 1.165) is 36.8 Å². The minimum atomic E-state index is 0.556. The van der Waals surface area contributed by atoms with Crippen molar-refractivity contribution in [3.63, 3.8) is 0 Å². The quantitative estimate of drug-likeness (QED) is 0.810. The summed E-state index contributed by atoms with van der Waals surface area (Å²) in [5.74, 6) is 1.91. The number of nitrogens with zero attached hydrogens (tertiary/aromatic N) is 2. The second-order valence-corrected chi connectivity index (χ2v) is 4.33. The summed E-state index contributed by atoms with van der Waals surface area (Å²) in [6.07, 6.45) is 3.23. The number of aryl methyl sites for hydroxylation is 2. The highest BCUT2D eigenvalue weighted by Gasteiger charge is 2.13. The lowest BCUT2D eigenvalue weighted by Gasteiger charge is -2.24. The maximum Gasteiger partial charge on any atom is 0.130 e. The van der Waals surface area contributed by atoms with E-state index in [0.29, 0.717) is 6.04 Å². The summed E-state index contributed by atoms with van der Waals surface area (Å²) in [4.78, 5) is 8.89. The Hall–Kier alpha value is -1.16. The Kier molecular flexibility index (Phi) is 3.72. The van der Waals surface area contributed by atoms with E-state index in [-0.39, 0.29) is 0 Å². The lowest BCUT2D eigenvalue weighted by Crippen LogP contribution is -2.35. The van der Waals surface area contributed by atoms with Crippen LogP contribution in [0.3, 0.4) is 0 Å². The zero-order valence-electron chi connectivity index (χ0n) is 10.1. The van der Waals surface area contributed by atoms with E-state index < -0.39 is 0 Å². The van der Waals surface area contributed by atoms with Gasteiger partial charge in [0.15, 0.2) is 0 Å². The third kappa shape index (κ3) is 2.92. The van der Waals surface area contributed by atoms with Gasteiger partial charge < -0.3 is 10.6 Å². The van der Waals surface area contributed by atoms with Gasteiger partial charge in [-0.3, -0.25) is 0 Å². The zero-order chi connectivity index (χ0) is 11.4. The van der Waals surface area contributed by atoms with Gasteiger partial charge >= 0.3 is 0 Å². The molecule has 1 saturated heterocycles. The monoisotopic (exact) mass is 220 g/mol. The van der Waals surface area contributed by atoms with Crippen LogP contribution in [0.25, 0.3) is 0 Å². The molecule has 16 heavy (non-hydrogen) atoms. The number of aromatic nitrogens is 2. The highest BCUT2D eigenvalue weighted by Crippen LogP contribution is 2.12. The summed E-state index contributed by atoms with van der Waals surface area (Å²) in [6.45, 7) is 6.31. The van der Waals surface area contributed by atoms with Gasteiger partial charge in [-0.15, -0.1) is 0 Å². The molecule has 1 aliphatic rings. The highest BCUT2D eigenvalue weighted by atomic mass is 15.1. The first-order valence-electron chi connectivity index (χ1n) is 6.09. The maximum absolute atomic E-state index is 4.50. The average Bonchev–Trinajstić information content (AvgIpc) is 2.29. The summed E-state index contributed by atoms with van der Waals surface area (Å²) in [5, 5.41) is 6.87. The first kappa shape index (κ1) is 11.3. The molecule has 1 aliphatic heterocycles. The molecule has 1 aromatic heterocycles. The molecule has 88 valence electrons. The molecule has 0 radical (unpaired) electrons. The van der Waals surface area contributed by atoms with Crippen molar-refractivity contribution in [1.29, 1.82) is 0 Å². The smallest absolute Gasteiger partial charge is 0.130 e. The zero-order valence-corrected chi connectivity index (χ0v) is 10.1. The highest BCUT2D eigenvalue weighted by molar-refractivity contribution is 5.37. The lowest BCUT2D eigenvalue weighted by atomic mass is 10.1. The lowest BCUT2D eigenvalue weighted by molar-refractivity contribution is 0.478. The fourth-order valence-electron chi connectivity index (χ4n) is 2.04. The van der Waals surface area contributed by atoms with E-state index in [9.17, 15) is 0 Å². The number of piperidine rings is 1. The van der Waals surface area contributed by atoms with Crippen LogP contribution in [0.4, 0.5) is 5.82 Å². The fraction of sp³-hybridized carbons (Fsp3) is 0.667. The van der Waals surface area contributed by atoms with Crippen molar-refractivity contribution in [1.82, 2.24) is 15.3 Å². The van der Waals surface area contributed by atoms with Gasteiger partial charge in [-0.25, -0.2) is 9.97 Å². The predicted octanol–water partition coefficient (Wildman–Crippen LogP) is 1.51. The molecule has 2 heterocycles. The summed E-state index contributed by atoms with van der Waals surface area (Å²) in [7, 11) is 0. The fourth-order valence-corrected chi connectivity index (χ4v) is 2.04. The first-order valence-corrected chi connectivity index (χ1v) is 6.09. The second-order valence-electron chi connectivity index (χ2n) is 4.33. The molecule has 0 aliphatic carbocycles. The Labute approximate surface area is 96.9 Å². The van der Waals surface area contributed by atoms with Crippen molar-refractivity contribution in [3.8, 4) is 0 Å².